The van der Waals surface area contributed by atoms with Crippen molar-refractivity contribution in [3.05, 3.63) is 166 Å². The highest BCUT2D eigenvalue weighted by Crippen LogP contribution is 2.39. The number of benzene rings is 5. The molecule has 9 aromatic rings. The number of carbonyl (C=O) groups is 2. The fourth-order valence-corrected chi connectivity index (χ4v) is 9.75. The molecule has 2 N–H and O–H groups in total. The first-order valence-corrected chi connectivity index (χ1v) is 23.1. The fraction of sp³-hybridized carbons (Fsp3) is 0.192. The Hall–Kier alpha value is -7.44. The molecule has 0 atom stereocenters. The molecule has 0 fully saturated rings. The van der Waals surface area contributed by atoms with E-state index in [0.29, 0.717) is 38.3 Å². The van der Waals surface area contributed by atoms with Gasteiger partial charge in [-0.3, -0.25) is 9.59 Å². The minimum Gasteiger partial charge on any atom is -0.488 e. The van der Waals surface area contributed by atoms with Crippen LogP contribution >= 0.6 is 22.7 Å². The van der Waals surface area contributed by atoms with E-state index in [1.54, 1.807) is 33.7 Å². The molecule has 0 aliphatic heterocycles. The molecule has 0 radical (unpaired) electrons. The van der Waals surface area contributed by atoms with Gasteiger partial charge in [0.2, 0.25) is 0 Å². The summed E-state index contributed by atoms with van der Waals surface area (Å²) in [5, 5.41) is 21.1. The Morgan fingerprint density at radius 1 is 0.557 bits per heavy atom. The Bertz CT molecular complexity index is 3300. The molecule has 9 rings (SSSR count). The molecule has 4 heterocycles. The molecule has 0 spiro atoms. The quantitative estimate of drug-likeness (QED) is 0.109. The predicted molar refractivity (Wildman–Crippen MR) is 257 cm³/mol. The smallest absolute Gasteiger partial charge is 0.416 e. The highest BCUT2D eigenvalue weighted by Gasteiger charge is 2.31. The van der Waals surface area contributed by atoms with Crippen LogP contribution < -0.4 is 9.47 Å². The number of halogens is 6. The summed E-state index contributed by atoms with van der Waals surface area (Å²) >= 11 is 2.77. The van der Waals surface area contributed by atoms with Gasteiger partial charge in [0.05, 0.1) is 32.3 Å². The number of rotatable bonds is 13. The molecule has 70 heavy (non-hydrogen) atoms. The summed E-state index contributed by atoms with van der Waals surface area (Å²) in [6.45, 7) is 6.30. The van der Waals surface area contributed by atoms with Crippen molar-refractivity contribution in [2.24, 2.45) is 0 Å². The second-order valence-electron chi connectivity index (χ2n) is 17.0. The standard InChI is InChI=1S/C27H19F3N2O3S.C25H23F3N2O3S/c28-27(29,30)20-8-6-18(7-9-20)26-31-25(17-4-2-1-3-5-17)23(36-26)16-35-21-10-11-22-19(14-21)12-13-32(22)15-24(33)34;1-24(2,3)22-20(34-23(29-22)15-4-6-17(7-5-15)25(26,27)28)14-33-18-8-9-19-16(12-18)10-11-30(19)13-21(31)32/h1-14H,15-16H2,(H,33,34);4-12H,13-14H2,1-3H3,(H,31,32). The average molecular weight is 997 g/mol. The zero-order valence-electron chi connectivity index (χ0n) is 37.5. The maximum Gasteiger partial charge on any atom is 0.416 e. The molecule has 10 nitrogen and oxygen atoms in total. The summed E-state index contributed by atoms with van der Waals surface area (Å²) in [5.41, 5.74) is 3.55. The summed E-state index contributed by atoms with van der Waals surface area (Å²) in [4.78, 5) is 33.3. The first kappa shape index (κ1) is 49.0. The van der Waals surface area contributed by atoms with Gasteiger partial charge in [0.1, 0.15) is 47.8 Å². The average Bonchev–Trinajstić information content (AvgIpc) is 4.13. The van der Waals surface area contributed by atoms with E-state index in [1.165, 1.54) is 46.9 Å². The molecule has 0 aliphatic carbocycles. The van der Waals surface area contributed by atoms with Crippen LogP contribution in [0.5, 0.6) is 11.5 Å². The molecular weight excluding hydrogens is 955 g/mol. The number of hydrogen-bond donors (Lipinski definition) is 2. The van der Waals surface area contributed by atoms with E-state index in [1.807, 2.05) is 87.5 Å². The maximum absolute atomic E-state index is 13.0. The largest absolute Gasteiger partial charge is 0.488 e. The first-order valence-electron chi connectivity index (χ1n) is 21.5. The van der Waals surface area contributed by atoms with Gasteiger partial charge in [-0.25, -0.2) is 9.97 Å². The zero-order valence-corrected chi connectivity index (χ0v) is 39.1. The lowest BCUT2D eigenvalue weighted by Crippen LogP contribution is -2.15. The number of ether oxygens (including phenoxy) is 2. The number of hydrogen-bond acceptors (Lipinski definition) is 8. The van der Waals surface area contributed by atoms with E-state index >= 15 is 0 Å². The summed E-state index contributed by atoms with van der Waals surface area (Å²) < 4.78 is 93.0. The van der Waals surface area contributed by atoms with Gasteiger partial charge in [0, 0.05) is 56.3 Å². The van der Waals surface area contributed by atoms with Crippen LogP contribution in [0.1, 0.15) is 47.3 Å². The topological polar surface area (TPSA) is 129 Å². The molecule has 0 saturated heterocycles. The molecule has 360 valence electrons. The van der Waals surface area contributed by atoms with Crippen LogP contribution in [0.2, 0.25) is 0 Å². The number of aliphatic carboxylic acids is 2. The van der Waals surface area contributed by atoms with E-state index < -0.39 is 35.4 Å². The number of alkyl halides is 6. The van der Waals surface area contributed by atoms with E-state index in [4.69, 9.17) is 29.7 Å². The van der Waals surface area contributed by atoms with Crippen LogP contribution in [0.3, 0.4) is 0 Å². The Morgan fingerprint density at radius 3 is 1.44 bits per heavy atom. The number of carboxylic acids is 2. The molecule has 0 amide bonds. The van der Waals surface area contributed by atoms with Crippen LogP contribution in [0.15, 0.2) is 140 Å². The highest BCUT2D eigenvalue weighted by molar-refractivity contribution is 7.15. The van der Waals surface area contributed by atoms with Crippen molar-refractivity contribution in [2.75, 3.05) is 0 Å². The first-order chi connectivity index (χ1) is 33.2. The second-order valence-corrected chi connectivity index (χ2v) is 19.2. The molecule has 4 aromatic heterocycles. The lowest BCUT2D eigenvalue weighted by Gasteiger charge is -2.18. The van der Waals surface area contributed by atoms with Gasteiger partial charge in [0.25, 0.3) is 0 Å². The molecule has 0 unspecified atom stereocenters. The Kier molecular flexibility index (Phi) is 13.9. The van der Waals surface area contributed by atoms with Crippen molar-refractivity contribution in [1.29, 1.82) is 0 Å². The third-order valence-corrected chi connectivity index (χ3v) is 13.1. The summed E-state index contributed by atoms with van der Waals surface area (Å²) in [6.07, 6.45) is -5.34. The van der Waals surface area contributed by atoms with Gasteiger partial charge < -0.3 is 28.8 Å². The van der Waals surface area contributed by atoms with E-state index in [-0.39, 0.29) is 31.7 Å². The van der Waals surface area contributed by atoms with Crippen LogP contribution in [0, 0.1) is 0 Å². The minimum absolute atomic E-state index is 0.119. The van der Waals surface area contributed by atoms with Gasteiger partial charge in [-0.15, -0.1) is 22.7 Å². The van der Waals surface area contributed by atoms with Crippen LogP contribution in [-0.4, -0.2) is 41.3 Å². The SMILES string of the molecule is CC(C)(C)c1nc(-c2ccc(C(F)(F)F)cc2)sc1COc1ccc2c(ccn2CC(=O)O)c1.O=C(O)Cn1ccc2cc(OCc3sc(-c4ccc(C(F)(F)F)cc4)nc3-c3ccccc3)ccc21. The van der Waals surface area contributed by atoms with Crippen LogP contribution in [-0.2, 0) is 53.7 Å². The maximum atomic E-state index is 13.0. The zero-order chi connectivity index (χ0) is 50.0. The van der Waals surface area contributed by atoms with E-state index in [0.717, 1.165) is 67.1 Å². The predicted octanol–water partition coefficient (Wildman–Crippen LogP) is 13.9. The molecule has 0 saturated carbocycles. The van der Waals surface area contributed by atoms with Crippen molar-refractivity contribution >= 4 is 56.4 Å². The van der Waals surface area contributed by atoms with Gasteiger partial charge in [-0.1, -0.05) is 75.4 Å². The molecule has 0 bridgehead atoms. The van der Waals surface area contributed by atoms with E-state index in [9.17, 15) is 35.9 Å². The van der Waals surface area contributed by atoms with Crippen LogP contribution in [0.4, 0.5) is 26.3 Å². The number of nitrogens with zero attached hydrogens (tertiary/aromatic N) is 4. The Balaban J connectivity index is 0.000000189. The molecular formula is C52H42F6N4O6S2. The Labute approximate surface area is 404 Å². The third kappa shape index (κ3) is 11.5. The molecule has 0 aliphatic rings. The van der Waals surface area contributed by atoms with Gasteiger partial charge in [-0.2, -0.15) is 26.3 Å². The fourth-order valence-electron chi connectivity index (χ4n) is 7.56. The third-order valence-electron chi connectivity index (χ3n) is 10.9. The summed E-state index contributed by atoms with van der Waals surface area (Å²) in [6, 6.07) is 34.1. The minimum atomic E-state index is -4.40. The highest BCUT2D eigenvalue weighted by atomic mass is 32.1. The molecule has 18 heteroatoms. The summed E-state index contributed by atoms with van der Waals surface area (Å²) in [7, 11) is 0. The van der Waals surface area contributed by atoms with E-state index in [2.05, 4.69) is 0 Å². The number of thiazole rings is 2. The number of fused-ring (bicyclic) bond motifs is 2. The van der Waals surface area contributed by atoms with Crippen LogP contribution in [0.25, 0.3) is 54.2 Å². The monoisotopic (exact) mass is 996 g/mol. The van der Waals surface area contributed by atoms with Gasteiger partial charge in [-0.05, 0) is 72.8 Å². The summed E-state index contributed by atoms with van der Waals surface area (Å²) in [5.74, 6) is -0.596. The van der Waals surface area contributed by atoms with Crippen molar-refractivity contribution in [2.45, 2.75) is 64.8 Å². The second kappa shape index (κ2) is 19.9. The lowest BCUT2D eigenvalue weighted by molar-refractivity contribution is -0.138. The van der Waals surface area contributed by atoms with Gasteiger partial charge >= 0.3 is 24.3 Å². The van der Waals surface area contributed by atoms with Gasteiger partial charge in [0.15, 0.2) is 0 Å². The number of carboxylic acid groups (broad SMARTS) is 2. The normalized spacial score (nSPS) is 12.0. The number of aromatic nitrogens is 4. The van der Waals surface area contributed by atoms with Crippen molar-refractivity contribution in [3.63, 3.8) is 0 Å². The Morgan fingerprint density at radius 2 is 1.00 bits per heavy atom. The molecule has 5 aromatic carbocycles. The van der Waals surface area contributed by atoms with Crippen molar-refractivity contribution < 1.29 is 55.6 Å². The van der Waals surface area contributed by atoms with Crippen molar-refractivity contribution in [3.8, 4) is 43.9 Å². The van der Waals surface area contributed by atoms with Crippen molar-refractivity contribution in [1.82, 2.24) is 19.1 Å². The lowest BCUT2D eigenvalue weighted by atomic mass is 9.91.